The number of hydrogen-bond donors (Lipinski definition) is 1. The molecular weight excluding hydrogens is 466 g/mol. The summed E-state index contributed by atoms with van der Waals surface area (Å²) in [6.07, 6.45) is 10.4. The summed E-state index contributed by atoms with van der Waals surface area (Å²) in [5.41, 5.74) is 4.08. The fraction of sp³-hybridized carbons (Fsp3) is 0.385. The number of aliphatic imine (C=N–C) groups is 1. The van der Waals surface area contributed by atoms with Gasteiger partial charge in [0.1, 0.15) is 5.04 Å². The molecule has 2 aliphatic heterocycles. The van der Waals surface area contributed by atoms with Crippen molar-refractivity contribution in [2.24, 2.45) is 16.0 Å². The molecule has 1 amide bonds. The molecule has 176 valence electrons. The summed E-state index contributed by atoms with van der Waals surface area (Å²) < 4.78 is 2.09. The van der Waals surface area contributed by atoms with Crippen LogP contribution in [0, 0.1) is 25.2 Å². The van der Waals surface area contributed by atoms with Gasteiger partial charge in [-0.3, -0.25) is 10.2 Å². The van der Waals surface area contributed by atoms with E-state index < -0.39 is 0 Å². The highest BCUT2D eigenvalue weighted by Gasteiger charge is 2.35. The Kier molecular flexibility index (Phi) is 6.49. The van der Waals surface area contributed by atoms with E-state index in [0.29, 0.717) is 10.2 Å². The van der Waals surface area contributed by atoms with E-state index in [2.05, 4.69) is 14.7 Å². The fourth-order valence-electron chi connectivity index (χ4n) is 5.04. The first-order chi connectivity index (χ1) is 16.4. The zero-order valence-corrected chi connectivity index (χ0v) is 21.0. The Morgan fingerprint density at radius 2 is 2.00 bits per heavy atom. The summed E-state index contributed by atoms with van der Waals surface area (Å²) in [6.45, 7) is 4.01. The summed E-state index contributed by atoms with van der Waals surface area (Å²) in [4.78, 5) is 17.1. The Labute approximate surface area is 209 Å². The number of thioether (sulfide) groups is 1. The second kappa shape index (κ2) is 9.55. The van der Waals surface area contributed by atoms with Crippen molar-refractivity contribution in [3.05, 3.63) is 57.9 Å². The number of nitrogens with zero attached hydrogens (tertiary/aromatic N) is 4. The van der Waals surface area contributed by atoms with E-state index in [1.807, 2.05) is 44.2 Å². The largest absolute Gasteiger partial charge is 0.318 e. The zero-order valence-electron chi connectivity index (χ0n) is 19.5. The van der Waals surface area contributed by atoms with Gasteiger partial charge in [0.05, 0.1) is 5.57 Å². The number of carbonyl (C=O) groups is 1. The average molecular weight is 494 g/mol. The van der Waals surface area contributed by atoms with E-state index in [1.165, 1.54) is 48.9 Å². The third-order valence-corrected chi connectivity index (χ3v) is 8.03. The molecule has 5 rings (SSSR count). The Balaban J connectivity index is 1.38. The van der Waals surface area contributed by atoms with Gasteiger partial charge in [-0.15, -0.1) is 0 Å². The van der Waals surface area contributed by atoms with Crippen LogP contribution in [0.4, 0.5) is 0 Å². The summed E-state index contributed by atoms with van der Waals surface area (Å²) in [6, 6.07) is 9.69. The molecule has 0 saturated heterocycles. The molecule has 1 aliphatic carbocycles. The molecule has 0 spiro atoms. The van der Waals surface area contributed by atoms with Crippen LogP contribution in [0.25, 0.3) is 11.8 Å². The minimum atomic E-state index is -0.389. The standard InChI is InChI=1S/C26H28ClN5OS/c1-16-13-19(17(2)31(16)21-10-6-9-20(27)15-21)14-22-24(28)32-26(29-25(22)33)34-23(30-32)12-11-18-7-4-3-5-8-18/h6,9-10,13-15,18,28H,3-5,7-8,11-12H2,1-2H3/b22-14+,28-24?. The van der Waals surface area contributed by atoms with E-state index in [4.69, 9.17) is 17.0 Å². The molecule has 3 heterocycles. The molecule has 0 radical (unpaired) electrons. The smallest absolute Gasteiger partial charge is 0.283 e. The highest BCUT2D eigenvalue weighted by molar-refractivity contribution is 8.26. The highest BCUT2D eigenvalue weighted by Crippen LogP contribution is 2.33. The minimum Gasteiger partial charge on any atom is -0.318 e. The van der Waals surface area contributed by atoms with Gasteiger partial charge in [0.2, 0.25) is 5.17 Å². The maximum absolute atomic E-state index is 12.9. The van der Waals surface area contributed by atoms with Crippen LogP contribution in [0.3, 0.4) is 0 Å². The molecular formula is C26H28ClN5OS. The number of fused-ring (bicyclic) bond motifs is 1. The van der Waals surface area contributed by atoms with Gasteiger partial charge in [-0.05, 0) is 80.3 Å². The number of hydrogen-bond acceptors (Lipinski definition) is 4. The molecule has 0 bridgehead atoms. The molecule has 3 aliphatic rings. The predicted molar refractivity (Wildman–Crippen MR) is 141 cm³/mol. The second-order valence-corrected chi connectivity index (χ2v) is 10.7. The molecule has 1 N–H and O–H groups in total. The van der Waals surface area contributed by atoms with Crippen LogP contribution >= 0.6 is 23.4 Å². The van der Waals surface area contributed by atoms with Crippen LogP contribution in [0.1, 0.15) is 61.9 Å². The molecule has 8 heteroatoms. The first-order valence-corrected chi connectivity index (χ1v) is 13.0. The number of aryl methyl sites for hydroxylation is 1. The Morgan fingerprint density at radius 1 is 1.21 bits per heavy atom. The van der Waals surface area contributed by atoms with Gasteiger partial charge in [0, 0.05) is 22.1 Å². The summed E-state index contributed by atoms with van der Waals surface area (Å²) in [7, 11) is 0. The maximum atomic E-state index is 12.9. The summed E-state index contributed by atoms with van der Waals surface area (Å²) in [5, 5.41) is 17.0. The van der Waals surface area contributed by atoms with Crippen molar-refractivity contribution in [2.45, 2.75) is 58.8 Å². The summed E-state index contributed by atoms with van der Waals surface area (Å²) >= 11 is 7.62. The second-order valence-electron chi connectivity index (χ2n) is 9.20. The normalized spacial score (nSPS) is 20.1. The number of rotatable bonds is 5. The molecule has 2 aromatic rings. The number of halogens is 1. The van der Waals surface area contributed by atoms with E-state index in [1.54, 1.807) is 6.08 Å². The van der Waals surface area contributed by atoms with E-state index in [0.717, 1.165) is 46.4 Å². The van der Waals surface area contributed by atoms with Crippen molar-refractivity contribution >= 4 is 51.4 Å². The average Bonchev–Trinajstić information content (AvgIpc) is 3.35. The lowest BCUT2D eigenvalue weighted by atomic mass is 9.86. The number of amidine groups is 2. The van der Waals surface area contributed by atoms with Crippen LogP contribution in [-0.2, 0) is 4.79 Å². The van der Waals surface area contributed by atoms with Gasteiger partial charge in [-0.2, -0.15) is 15.1 Å². The zero-order chi connectivity index (χ0) is 23.8. The van der Waals surface area contributed by atoms with Crippen LogP contribution in [0.2, 0.25) is 5.02 Å². The van der Waals surface area contributed by atoms with E-state index in [-0.39, 0.29) is 17.3 Å². The number of carbonyl (C=O) groups excluding carboxylic acids is 1. The number of benzene rings is 1. The minimum absolute atomic E-state index is 0.0859. The number of hydrazone groups is 1. The molecule has 1 saturated carbocycles. The monoisotopic (exact) mass is 493 g/mol. The van der Waals surface area contributed by atoms with Gasteiger partial charge in [-0.25, -0.2) is 0 Å². The number of aromatic nitrogens is 1. The molecule has 1 aromatic carbocycles. The summed E-state index contributed by atoms with van der Waals surface area (Å²) in [5.74, 6) is 0.464. The van der Waals surface area contributed by atoms with Crippen LogP contribution < -0.4 is 0 Å². The third kappa shape index (κ3) is 4.51. The van der Waals surface area contributed by atoms with Gasteiger partial charge in [0.15, 0.2) is 5.84 Å². The van der Waals surface area contributed by atoms with Gasteiger partial charge >= 0.3 is 0 Å². The Bertz CT molecular complexity index is 1250. The van der Waals surface area contributed by atoms with Crippen molar-refractivity contribution in [3.63, 3.8) is 0 Å². The molecule has 1 fully saturated rings. The molecule has 6 nitrogen and oxygen atoms in total. The quantitative estimate of drug-likeness (QED) is 0.469. The van der Waals surface area contributed by atoms with Gasteiger partial charge < -0.3 is 4.57 Å². The SMILES string of the molecule is Cc1cc(/C=C2\C(=N)N3N=C(CCC4CCCCC4)SC3=NC2=O)c(C)n1-c1cccc(Cl)c1. The topological polar surface area (TPSA) is 73.8 Å². The lowest BCUT2D eigenvalue weighted by Crippen LogP contribution is -2.35. The first kappa shape index (κ1) is 23.1. The highest BCUT2D eigenvalue weighted by atomic mass is 35.5. The lowest BCUT2D eigenvalue weighted by molar-refractivity contribution is -0.114. The predicted octanol–water partition coefficient (Wildman–Crippen LogP) is 6.73. The van der Waals surface area contributed by atoms with E-state index in [9.17, 15) is 4.79 Å². The Hall–Kier alpha value is -2.64. The molecule has 1 aromatic heterocycles. The lowest BCUT2D eigenvalue weighted by Gasteiger charge is -2.20. The fourth-order valence-corrected chi connectivity index (χ4v) is 6.12. The van der Waals surface area contributed by atoms with Gasteiger partial charge in [0.25, 0.3) is 5.91 Å². The third-order valence-electron chi connectivity index (χ3n) is 6.82. The number of amides is 1. The van der Waals surface area contributed by atoms with Crippen molar-refractivity contribution < 1.29 is 4.79 Å². The molecule has 0 atom stereocenters. The van der Waals surface area contributed by atoms with Crippen LogP contribution in [-0.4, -0.2) is 31.5 Å². The van der Waals surface area contributed by atoms with Gasteiger partial charge in [-0.1, -0.05) is 49.8 Å². The van der Waals surface area contributed by atoms with Crippen LogP contribution in [0.5, 0.6) is 0 Å². The molecule has 34 heavy (non-hydrogen) atoms. The van der Waals surface area contributed by atoms with Crippen molar-refractivity contribution in [1.82, 2.24) is 9.58 Å². The maximum Gasteiger partial charge on any atom is 0.283 e. The van der Waals surface area contributed by atoms with Crippen molar-refractivity contribution in [1.29, 1.82) is 5.41 Å². The number of nitrogens with one attached hydrogen (secondary N) is 1. The van der Waals surface area contributed by atoms with Crippen molar-refractivity contribution in [2.75, 3.05) is 0 Å². The Morgan fingerprint density at radius 3 is 2.76 bits per heavy atom. The van der Waals surface area contributed by atoms with E-state index >= 15 is 0 Å². The van der Waals surface area contributed by atoms with Crippen LogP contribution in [0.15, 0.2) is 46.0 Å². The first-order valence-electron chi connectivity index (χ1n) is 11.8. The molecule has 0 unspecified atom stereocenters. The van der Waals surface area contributed by atoms with Crippen molar-refractivity contribution in [3.8, 4) is 5.69 Å².